The number of rotatable bonds is 3. The lowest BCUT2D eigenvalue weighted by Crippen LogP contribution is -2.30. The first-order valence-electron chi connectivity index (χ1n) is 6.92. The number of aryl methyl sites for hydroxylation is 2. The van der Waals surface area contributed by atoms with Crippen molar-refractivity contribution in [1.82, 2.24) is 14.8 Å². The zero-order valence-electron chi connectivity index (χ0n) is 12.6. The summed E-state index contributed by atoms with van der Waals surface area (Å²) in [5, 5.41) is 6.49. The lowest BCUT2D eigenvalue weighted by Gasteiger charge is -2.19. The van der Waals surface area contributed by atoms with Gasteiger partial charge in [0, 0.05) is 18.5 Å². The molecule has 7 heteroatoms. The molecule has 0 saturated heterocycles. The second-order valence-corrected chi connectivity index (χ2v) is 5.76. The van der Waals surface area contributed by atoms with Crippen LogP contribution in [0.5, 0.6) is 0 Å². The lowest BCUT2D eigenvalue weighted by molar-refractivity contribution is 0.0992. The van der Waals surface area contributed by atoms with Gasteiger partial charge in [-0.3, -0.25) is 14.5 Å². The molecule has 0 fully saturated rings. The molecule has 1 amide bonds. The van der Waals surface area contributed by atoms with Crippen molar-refractivity contribution in [2.24, 2.45) is 7.05 Å². The largest absolute Gasteiger partial charge is 0.285 e. The SMILES string of the molecule is Cc1csc(N(C(=O)c2ccc(=O)n(C)n2)c2ccccc2)n1. The molecule has 2 aromatic heterocycles. The first kappa shape index (κ1) is 15.1. The average Bonchev–Trinajstić information content (AvgIpc) is 2.97. The summed E-state index contributed by atoms with van der Waals surface area (Å²) in [5.41, 5.74) is 1.45. The highest BCUT2D eigenvalue weighted by atomic mass is 32.1. The van der Waals surface area contributed by atoms with E-state index in [1.54, 1.807) is 0 Å². The molecule has 0 saturated carbocycles. The monoisotopic (exact) mass is 326 g/mol. The highest BCUT2D eigenvalue weighted by Crippen LogP contribution is 2.29. The van der Waals surface area contributed by atoms with E-state index in [4.69, 9.17) is 0 Å². The molecule has 0 radical (unpaired) electrons. The third-order valence-corrected chi connectivity index (χ3v) is 4.14. The Hall–Kier alpha value is -2.80. The van der Waals surface area contributed by atoms with Crippen LogP contribution in [0.3, 0.4) is 0 Å². The minimum Gasteiger partial charge on any atom is -0.268 e. The zero-order valence-corrected chi connectivity index (χ0v) is 13.4. The number of benzene rings is 1. The summed E-state index contributed by atoms with van der Waals surface area (Å²) in [6.07, 6.45) is 0. The Kier molecular flexibility index (Phi) is 4.03. The van der Waals surface area contributed by atoms with Crippen LogP contribution in [0.2, 0.25) is 0 Å². The number of aromatic nitrogens is 3. The van der Waals surface area contributed by atoms with Gasteiger partial charge in [-0.15, -0.1) is 11.3 Å². The summed E-state index contributed by atoms with van der Waals surface area (Å²) in [6, 6.07) is 12.0. The number of carbonyl (C=O) groups excluding carboxylic acids is 1. The minimum absolute atomic E-state index is 0.184. The molecule has 0 spiro atoms. The number of anilines is 2. The molecular weight excluding hydrogens is 312 g/mol. The van der Waals surface area contributed by atoms with Crippen LogP contribution in [0.25, 0.3) is 0 Å². The Labute approximate surface area is 136 Å². The van der Waals surface area contributed by atoms with Crippen LogP contribution in [-0.4, -0.2) is 20.7 Å². The molecule has 0 aliphatic carbocycles. The van der Waals surface area contributed by atoms with E-state index < -0.39 is 0 Å². The molecule has 23 heavy (non-hydrogen) atoms. The van der Waals surface area contributed by atoms with Gasteiger partial charge in [0.1, 0.15) is 5.69 Å². The van der Waals surface area contributed by atoms with Crippen LogP contribution in [0.15, 0.2) is 52.6 Å². The number of amides is 1. The number of thiazole rings is 1. The van der Waals surface area contributed by atoms with Gasteiger partial charge in [0.2, 0.25) is 0 Å². The first-order valence-corrected chi connectivity index (χ1v) is 7.80. The third-order valence-electron chi connectivity index (χ3n) is 3.20. The number of nitrogens with zero attached hydrogens (tertiary/aromatic N) is 4. The first-order chi connectivity index (χ1) is 11.1. The topological polar surface area (TPSA) is 68.1 Å². The van der Waals surface area contributed by atoms with Gasteiger partial charge in [0.15, 0.2) is 5.13 Å². The Balaban J connectivity index is 2.09. The number of para-hydroxylation sites is 1. The Morgan fingerprint density at radius 3 is 2.52 bits per heavy atom. The number of hydrogen-bond donors (Lipinski definition) is 0. The van der Waals surface area contributed by atoms with Gasteiger partial charge >= 0.3 is 0 Å². The summed E-state index contributed by atoms with van der Waals surface area (Å²) in [7, 11) is 1.51. The summed E-state index contributed by atoms with van der Waals surface area (Å²) in [6.45, 7) is 1.87. The number of carbonyl (C=O) groups is 1. The highest BCUT2D eigenvalue weighted by molar-refractivity contribution is 7.14. The molecule has 0 atom stereocenters. The van der Waals surface area contributed by atoms with Gasteiger partial charge < -0.3 is 0 Å². The molecule has 0 aliphatic rings. The van der Waals surface area contributed by atoms with Crippen molar-refractivity contribution in [2.75, 3.05) is 4.90 Å². The van der Waals surface area contributed by atoms with Crippen LogP contribution in [0, 0.1) is 6.92 Å². The maximum Gasteiger partial charge on any atom is 0.285 e. The van der Waals surface area contributed by atoms with Crippen molar-refractivity contribution in [1.29, 1.82) is 0 Å². The van der Waals surface area contributed by atoms with Crippen molar-refractivity contribution in [3.8, 4) is 0 Å². The zero-order chi connectivity index (χ0) is 16.4. The van der Waals surface area contributed by atoms with Crippen LogP contribution in [-0.2, 0) is 7.05 Å². The summed E-state index contributed by atoms with van der Waals surface area (Å²) in [4.78, 5) is 30.3. The lowest BCUT2D eigenvalue weighted by atomic mass is 10.2. The van der Waals surface area contributed by atoms with Crippen LogP contribution < -0.4 is 10.5 Å². The maximum atomic E-state index is 12.9. The van der Waals surface area contributed by atoms with E-state index >= 15 is 0 Å². The molecule has 0 bridgehead atoms. The molecule has 0 N–H and O–H groups in total. The molecule has 1 aromatic carbocycles. The smallest absolute Gasteiger partial charge is 0.268 e. The fraction of sp³-hybridized carbons (Fsp3) is 0.125. The summed E-state index contributed by atoms with van der Waals surface area (Å²) < 4.78 is 1.14. The highest BCUT2D eigenvalue weighted by Gasteiger charge is 2.23. The van der Waals surface area contributed by atoms with Crippen LogP contribution >= 0.6 is 11.3 Å². The van der Waals surface area contributed by atoms with E-state index in [2.05, 4.69) is 10.1 Å². The third kappa shape index (κ3) is 3.04. The van der Waals surface area contributed by atoms with Gasteiger partial charge in [0.05, 0.1) is 11.4 Å². The van der Waals surface area contributed by atoms with E-state index in [9.17, 15) is 9.59 Å². The molecule has 116 valence electrons. The molecular formula is C16H14N4O2S. The second kappa shape index (κ2) is 6.13. The summed E-state index contributed by atoms with van der Waals surface area (Å²) >= 11 is 1.38. The fourth-order valence-corrected chi connectivity index (χ4v) is 2.89. The molecule has 3 aromatic rings. The van der Waals surface area contributed by atoms with Crippen molar-refractivity contribution in [2.45, 2.75) is 6.92 Å². The van der Waals surface area contributed by atoms with Crippen molar-refractivity contribution in [3.05, 3.63) is 69.6 Å². The van der Waals surface area contributed by atoms with Gasteiger partial charge in [0.25, 0.3) is 11.5 Å². The van der Waals surface area contributed by atoms with Gasteiger partial charge in [-0.1, -0.05) is 18.2 Å². The fourth-order valence-electron chi connectivity index (χ4n) is 2.07. The average molecular weight is 326 g/mol. The molecule has 2 heterocycles. The van der Waals surface area contributed by atoms with Crippen LogP contribution in [0.4, 0.5) is 10.8 Å². The Morgan fingerprint density at radius 1 is 1.17 bits per heavy atom. The van der Waals surface area contributed by atoms with Gasteiger partial charge in [-0.2, -0.15) is 5.10 Å². The predicted molar refractivity (Wildman–Crippen MR) is 89.2 cm³/mol. The second-order valence-electron chi connectivity index (χ2n) is 4.93. The quantitative estimate of drug-likeness (QED) is 0.742. The van der Waals surface area contributed by atoms with E-state index in [1.807, 2.05) is 42.6 Å². The van der Waals surface area contributed by atoms with E-state index in [0.29, 0.717) is 10.8 Å². The van der Waals surface area contributed by atoms with E-state index in [1.165, 1.54) is 35.4 Å². The number of hydrogen-bond acceptors (Lipinski definition) is 5. The Bertz CT molecular complexity index is 902. The standard InChI is InChI=1S/C16H14N4O2S/c1-11-10-23-16(17-11)20(12-6-4-3-5-7-12)15(22)13-8-9-14(21)19(2)18-13/h3-10H,1-2H3. The van der Waals surface area contributed by atoms with Crippen LogP contribution in [0.1, 0.15) is 16.2 Å². The van der Waals surface area contributed by atoms with Gasteiger partial charge in [-0.05, 0) is 25.1 Å². The normalized spacial score (nSPS) is 10.5. The van der Waals surface area contributed by atoms with Crippen molar-refractivity contribution < 1.29 is 4.79 Å². The minimum atomic E-state index is -0.332. The molecule has 6 nitrogen and oxygen atoms in total. The van der Waals surface area contributed by atoms with Crippen molar-refractivity contribution in [3.63, 3.8) is 0 Å². The van der Waals surface area contributed by atoms with E-state index in [-0.39, 0.29) is 17.2 Å². The van der Waals surface area contributed by atoms with Crippen molar-refractivity contribution >= 4 is 28.1 Å². The molecule has 3 rings (SSSR count). The van der Waals surface area contributed by atoms with E-state index in [0.717, 1.165) is 10.4 Å². The Morgan fingerprint density at radius 2 is 1.91 bits per heavy atom. The predicted octanol–water partition coefficient (Wildman–Crippen LogP) is 2.52. The molecule has 0 unspecified atom stereocenters. The maximum absolute atomic E-state index is 12.9. The summed E-state index contributed by atoms with van der Waals surface area (Å²) in [5.74, 6) is -0.332. The van der Waals surface area contributed by atoms with Gasteiger partial charge in [-0.25, -0.2) is 9.67 Å². The molecule has 0 aliphatic heterocycles.